The van der Waals surface area contributed by atoms with E-state index in [0.29, 0.717) is 22.3 Å². The molecule has 0 saturated heterocycles. The summed E-state index contributed by atoms with van der Waals surface area (Å²) in [5.74, 6) is 1.82. The first-order valence-corrected chi connectivity index (χ1v) is 11.1. The third kappa shape index (κ3) is 3.66. The Bertz CT molecular complexity index is 1400. The van der Waals surface area contributed by atoms with Crippen molar-refractivity contribution in [2.45, 2.75) is 5.38 Å². The normalized spacial score (nSPS) is 18.0. The molecule has 3 aromatic rings. The number of halogens is 1. The molecule has 0 bridgehead atoms. The molecule has 1 unspecified atom stereocenters. The summed E-state index contributed by atoms with van der Waals surface area (Å²) in [5, 5.41) is -0.752. The smallest absolute Gasteiger partial charge is 0.195 e. The van der Waals surface area contributed by atoms with Crippen molar-refractivity contribution < 1.29 is 9.59 Å². The number of hydrogen-bond donors (Lipinski definition) is 0. The monoisotopic (exact) mass is 446 g/mol. The molecule has 2 nitrogen and oxygen atoms in total. The zero-order chi connectivity index (χ0) is 22.8. The van der Waals surface area contributed by atoms with E-state index in [1.54, 1.807) is 12.2 Å². The molecule has 0 N–H and O–H groups in total. The fourth-order valence-electron chi connectivity index (χ4n) is 4.43. The number of alkyl halides is 1. The summed E-state index contributed by atoms with van der Waals surface area (Å²) < 4.78 is 0. The van der Waals surface area contributed by atoms with E-state index in [-0.39, 0.29) is 5.78 Å². The van der Waals surface area contributed by atoms with E-state index in [0.717, 1.165) is 27.8 Å². The van der Waals surface area contributed by atoms with Gasteiger partial charge in [0.25, 0.3) is 0 Å². The van der Waals surface area contributed by atoms with Gasteiger partial charge in [-0.1, -0.05) is 103 Å². The van der Waals surface area contributed by atoms with Gasteiger partial charge >= 0.3 is 0 Å². The summed E-state index contributed by atoms with van der Waals surface area (Å²) in [4.78, 5) is 25.7. The minimum atomic E-state index is -0.752. The van der Waals surface area contributed by atoms with Gasteiger partial charge in [-0.05, 0) is 28.3 Å². The summed E-state index contributed by atoms with van der Waals surface area (Å²) in [6.07, 6.45) is 5.21. The van der Waals surface area contributed by atoms with Gasteiger partial charge in [-0.15, -0.1) is 11.6 Å². The Morgan fingerprint density at radius 2 is 1.09 bits per heavy atom. The van der Waals surface area contributed by atoms with Crippen molar-refractivity contribution >= 4 is 40.0 Å². The predicted octanol–water partition coefficient (Wildman–Crippen LogP) is 6.50. The van der Waals surface area contributed by atoms with E-state index >= 15 is 0 Å². The first-order chi connectivity index (χ1) is 16.2. The van der Waals surface area contributed by atoms with Crippen molar-refractivity contribution in [1.82, 2.24) is 0 Å². The summed E-state index contributed by atoms with van der Waals surface area (Å²) in [6.45, 7) is 0. The molecule has 0 radical (unpaired) electrons. The number of benzene rings is 3. The van der Waals surface area contributed by atoms with Crippen LogP contribution in [0.5, 0.6) is 0 Å². The molecule has 158 valence electrons. The Labute approximate surface area is 197 Å². The molecule has 0 fully saturated rings. The number of rotatable bonds is 4. The lowest BCUT2D eigenvalue weighted by molar-refractivity contribution is -0.110. The molecule has 33 heavy (non-hydrogen) atoms. The third-order valence-electron chi connectivity index (χ3n) is 5.90. The fourth-order valence-corrected chi connectivity index (χ4v) is 4.73. The van der Waals surface area contributed by atoms with Crippen LogP contribution in [-0.2, 0) is 9.59 Å². The number of allylic oxidation sites excluding steroid dienone is 9. The van der Waals surface area contributed by atoms with Crippen molar-refractivity contribution in [2.75, 3.05) is 0 Å². The molecule has 0 amide bonds. The van der Waals surface area contributed by atoms with Crippen LogP contribution in [0.4, 0.5) is 0 Å². The van der Waals surface area contributed by atoms with Gasteiger partial charge in [-0.3, -0.25) is 4.79 Å². The van der Waals surface area contributed by atoms with Crippen LogP contribution in [-0.4, -0.2) is 17.1 Å². The molecular weight excluding hydrogens is 428 g/mol. The molecule has 1 atom stereocenters. The van der Waals surface area contributed by atoms with E-state index in [1.807, 2.05) is 103 Å². The average molecular weight is 447 g/mol. The van der Waals surface area contributed by atoms with Crippen molar-refractivity contribution in [3.05, 3.63) is 143 Å². The molecular formula is C30H19ClO2. The van der Waals surface area contributed by atoms with Crippen LogP contribution in [0.25, 0.3) is 16.7 Å². The number of carbonyl (C=O) groups excluding carboxylic acids is 2. The molecule has 3 aromatic carbocycles. The van der Waals surface area contributed by atoms with E-state index in [9.17, 15) is 9.59 Å². The van der Waals surface area contributed by atoms with Crippen LogP contribution in [0.2, 0.25) is 0 Å². The molecule has 0 heterocycles. The quantitative estimate of drug-likeness (QED) is 0.339. The van der Waals surface area contributed by atoms with E-state index < -0.39 is 5.38 Å². The average Bonchev–Trinajstić information content (AvgIpc) is 3.18. The van der Waals surface area contributed by atoms with Gasteiger partial charge in [-0.2, -0.15) is 0 Å². The van der Waals surface area contributed by atoms with E-state index in [2.05, 4.69) is 0 Å². The highest BCUT2D eigenvalue weighted by atomic mass is 35.5. The second-order valence-corrected chi connectivity index (χ2v) is 8.26. The number of carbonyl (C=O) groups is 1. The number of hydrogen-bond acceptors (Lipinski definition) is 2. The Kier molecular flexibility index (Phi) is 5.62. The highest BCUT2D eigenvalue weighted by molar-refractivity contribution is 6.49. The maximum absolute atomic E-state index is 14.2. The maximum Gasteiger partial charge on any atom is 0.195 e. The van der Waals surface area contributed by atoms with Crippen LogP contribution in [0.1, 0.15) is 16.7 Å². The molecule has 2 aliphatic rings. The lowest BCUT2D eigenvalue weighted by Gasteiger charge is -2.19. The van der Waals surface area contributed by atoms with Gasteiger partial charge in [0.05, 0.1) is 11.0 Å². The lowest BCUT2D eigenvalue weighted by atomic mass is 9.86. The fraction of sp³-hybridized carbons (Fsp3) is 0.0333. The first-order valence-electron chi connectivity index (χ1n) is 10.7. The zero-order valence-electron chi connectivity index (χ0n) is 17.7. The maximum atomic E-state index is 14.2. The molecule has 0 saturated carbocycles. The topological polar surface area (TPSA) is 34.1 Å². The van der Waals surface area contributed by atoms with Gasteiger partial charge in [-0.25, -0.2) is 4.79 Å². The van der Waals surface area contributed by atoms with Crippen LogP contribution >= 0.6 is 11.6 Å². The van der Waals surface area contributed by atoms with Crippen LogP contribution in [0.15, 0.2) is 126 Å². The van der Waals surface area contributed by atoms with Gasteiger partial charge in [0, 0.05) is 22.3 Å². The second-order valence-electron chi connectivity index (χ2n) is 7.83. The molecule has 0 aromatic heterocycles. The summed E-state index contributed by atoms with van der Waals surface area (Å²) in [5.41, 5.74) is 6.48. The van der Waals surface area contributed by atoms with Gasteiger partial charge in [0.2, 0.25) is 0 Å². The Morgan fingerprint density at radius 1 is 0.636 bits per heavy atom. The molecule has 3 heteroatoms. The van der Waals surface area contributed by atoms with Crippen molar-refractivity contribution in [2.24, 2.45) is 0 Å². The third-order valence-corrected chi connectivity index (χ3v) is 6.37. The van der Waals surface area contributed by atoms with E-state index in [4.69, 9.17) is 11.6 Å². The van der Waals surface area contributed by atoms with Crippen LogP contribution in [0, 0.1) is 0 Å². The summed E-state index contributed by atoms with van der Waals surface area (Å²) in [7, 11) is 0. The van der Waals surface area contributed by atoms with Crippen molar-refractivity contribution in [3.8, 4) is 0 Å². The standard InChI is InChI=1S/C30H19ClO2/c31-29-23(19-32)17-10-18-24(29)28-26(21-13-6-2-7-14-21)25(20-11-4-1-5-12-20)27(30(28)33)22-15-8-3-9-16-22/h1-18,29H. The Hall–Kier alpha value is -3.97. The van der Waals surface area contributed by atoms with E-state index in [1.165, 1.54) is 0 Å². The van der Waals surface area contributed by atoms with Crippen molar-refractivity contribution in [1.29, 1.82) is 0 Å². The minimum absolute atomic E-state index is 0.101. The predicted molar refractivity (Wildman–Crippen MR) is 134 cm³/mol. The Morgan fingerprint density at radius 3 is 1.58 bits per heavy atom. The van der Waals surface area contributed by atoms with Gasteiger partial charge in [0.15, 0.2) is 5.78 Å². The summed E-state index contributed by atoms with van der Waals surface area (Å²) in [6, 6.07) is 29.5. The minimum Gasteiger partial charge on any atom is -0.289 e. The highest BCUT2D eigenvalue weighted by Crippen LogP contribution is 2.50. The van der Waals surface area contributed by atoms with Crippen molar-refractivity contribution in [3.63, 3.8) is 0 Å². The number of Topliss-reactive ketones (excluding diaryl/α,β-unsaturated/α-hetero) is 1. The lowest BCUT2D eigenvalue weighted by Crippen LogP contribution is -2.16. The molecule has 5 rings (SSSR count). The Balaban J connectivity index is 1.86. The number of ketones is 1. The SMILES string of the molecule is O=C=C1C=CC=C(C2=C(c3ccccc3)C(c3ccccc3)=C(c3ccccc3)C2=O)C1Cl. The van der Waals surface area contributed by atoms with Crippen LogP contribution in [0.3, 0.4) is 0 Å². The van der Waals surface area contributed by atoms with Gasteiger partial charge in [0.1, 0.15) is 5.94 Å². The largest absolute Gasteiger partial charge is 0.289 e. The second kappa shape index (κ2) is 8.88. The van der Waals surface area contributed by atoms with Crippen LogP contribution < -0.4 is 0 Å². The zero-order valence-corrected chi connectivity index (χ0v) is 18.4. The first kappa shape index (κ1) is 20.9. The summed E-state index contributed by atoms with van der Waals surface area (Å²) >= 11 is 6.71. The highest BCUT2D eigenvalue weighted by Gasteiger charge is 2.38. The molecule has 2 aliphatic carbocycles. The molecule has 0 aliphatic heterocycles. The molecule has 0 spiro atoms. The van der Waals surface area contributed by atoms with Gasteiger partial charge < -0.3 is 0 Å².